The minimum Gasteiger partial charge on any atom is -0.0894 e. The Balaban J connectivity index is 1.87. The van der Waals surface area contributed by atoms with Gasteiger partial charge < -0.3 is 0 Å². The van der Waals surface area contributed by atoms with Crippen LogP contribution >= 0.6 is 11.8 Å². The first-order chi connectivity index (χ1) is 14.2. The lowest BCUT2D eigenvalue weighted by Gasteiger charge is -2.41. The second kappa shape index (κ2) is 6.11. The average Bonchev–Trinajstić information content (AvgIpc) is 3.05. The Kier molecular flexibility index (Phi) is 3.61. The number of hydrogen-bond donors (Lipinski definition) is 0. The van der Waals surface area contributed by atoms with E-state index in [0.29, 0.717) is 5.92 Å². The van der Waals surface area contributed by atoms with Crippen molar-refractivity contribution in [2.45, 2.75) is 35.0 Å². The minimum absolute atomic E-state index is 0.245. The number of hydrogen-bond acceptors (Lipinski definition) is 1. The quantitative estimate of drug-likeness (QED) is 0.278. The normalized spacial score (nSPS) is 15.0. The Bertz CT molecular complexity index is 1220. The highest BCUT2D eigenvalue weighted by Gasteiger charge is 2.51. The summed E-state index contributed by atoms with van der Waals surface area (Å²) in [5.74, 6) is 0.465. The van der Waals surface area contributed by atoms with Crippen molar-refractivity contribution in [1.29, 1.82) is 0 Å². The van der Waals surface area contributed by atoms with Crippen LogP contribution in [0.4, 0.5) is 0 Å². The third-order valence-corrected chi connectivity index (χ3v) is 7.65. The van der Waals surface area contributed by atoms with Crippen molar-refractivity contribution in [1.82, 2.24) is 0 Å². The summed E-state index contributed by atoms with van der Waals surface area (Å²) in [6.07, 6.45) is 0. The van der Waals surface area contributed by atoms with Gasteiger partial charge in [0.2, 0.25) is 0 Å². The van der Waals surface area contributed by atoms with Gasteiger partial charge in [-0.3, -0.25) is 0 Å². The monoisotopic (exact) mass is 390 g/mol. The molecule has 1 heterocycles. The van der Waals surface area contributed by atoms with Crippen LogP contribution in [0, 0.1) is 0 Å². The van der Waals surface area contributed by atoms with Crippen LogP contribution in [0.2, 0.25) is 0 Å². The first kappa shape index (κ1) is 17.1. The summed E-state index contributed by atoms with van der Waals surface area (Å²) in [7, 11) is 0. The molecule has 6 rings (SSSR count). The van der Waals surface area contributed by atoms with Gasteiger partial charge in [0, 0.05) is 9.79 Å². The van der Waals surface area contributed by atoms with E-state index >= 15 is 0 Å². The standard InChI is InChI=1S/C28H22S/c1-18(2)19-12-9-17-26-27(19)28(24-15-7-8-16-25(24)29-26)22-13-5-3-10-20(22)21-11-4-6-14-23(21)28/h3-18H,1-2H3. The molecule has 1 aliphatic carbocycles. The summed E-state index contributed by atoms with van der Waals surface area (Å²) in [4.78, 5) is 2.76. The molecule has 0 fully saturated rings. The van der Waals surface area contributed by atoms with Gasteiger partial charge in [0.15, 0.2) is 0 Å². The van der Waals surface area contributed by atoms with Gasteiger partial charge in [0.05, 0.1) is 5.41 Å². The van der Waals surface area contributed by atoms with E-state index < -0.39 is 0 Å². The molecule has 0 nitrogen and oxygen atoms in total. The maximum atomic E-state index is 2.35. The molecule has 2 aliphatic rings. The maximum absolute atomic E-state index is 2.35. The van der Waals surface area contributed by atoms with Crippen molar-refractivity contribution in [3.05, 3.63) is 119 Å². The molecular weight excluding hydrogens is 368 g/mol. The molecule has 0 amide bonds. The van der Waals surface area contributed by atoms with Crippen molar-refractivity contribution in [2.75, 3.05) is 0 Å². The van der Waals surface area contributed by atoms with Crippen LogP contribution in [0.15, 0.2) is 101 Å². The number of rotatable bonds is 1. The fraction of sp³-hybridized carbons (Fsp3) is 0.143. The van der Waals surface area contributed by atoms with Crippen LogP contribution in [0.1, 0.15) is 47.6 Å². The SMILES string of the molecule is CC(C)c1cccc2c1C1(c3ccccc3S2)c2ccccc2-c2ccccc21. The molecule has 0 unspecified atom stereocenters. The van der Waals surface area contributed by atoms with Gasteiger partial charge in [-0.1, -0.05) is 104 Å². The highest BCUT2D eigenvalue weighted by molar-refractivity contribution is 7.99. The average molecular weight is 391 g/mol. The summed E-state index contributed by atoms with van der Waals surface area (Å²) in [5.41, 5.74) is 9.69. The molecular formula is C28H22S. The van der Waals surface area contributed by atoms with E-state index in [2.05, 4.69) is 105 Å². The van der Waals surface area contributed by atoms with Crippen LogP contribution in [0.5, 0.6) is 0 Å². The van der Waals surface area contributed by atoms with E-state index in [1.165, 1.54) is 48.7 Å². The van der Waals surface area contributed by atoms with Gasteiger partial charge in [0.25, 0.3) is 0 Å². The predicted molar refractivity (Wildman–Crippen MR) is 122 cm³/mol. The Labute approximate surface area is 176 Å². The maximum Gasteiger partial charge on any atom is 0.0738 e. The fourth-order valence-electron chi connectivity index (χ4n) is 5.43. The van der Waals surface area contributed by atoms with E-state index in [-0.39, 0.29) is 5.41 Å². The van der Waals surface area contributed by atoms with Crippen molar-refractivity contribution in [3.63, 3.8) is 0 Å². The highest BCUT2D eigenvalue weighted by atomic mass is 32.2. The summed E-state index contributed by atoms with van der Waals surface area (Å²) in [5, 5.41) is 0. The van der Waals surface area contributed by atoms with E-state index in [9.17, 15) is 0 Å². The molecule has 140 valence electrons. The van der Waals surface area contributed by atoms with Gasteiger partial charge in [-0.05, 0) is 57.0 Å². The van der Waals surface area contributed by atoms with Crippen molar-refractivity contribution >= 4 is 11.8 Å². The third-order valence-electron chi connectivity index (χ3n) is 6.52. The van der Waals surface area contributed by atoms with E-state index in [1.807, 2.05) is 11.8 Å². The Morgan fingerprint density at radius 1 is 0.586 bits per heavy atom. The third kappa shape index (κ3) is 2.12. The van der Waals surface area contributed by atoms with Gasteiger partial charge >= 0.3 is 0 Å². The van der Waals surface area contributed by atoms with Gasteiger partial charge in [-0.2, -0.15) is 0 Å². The van der Waals surface area contributed by atoms with Crippen LogP contribution in [0.3, 0.4) is 0 Å². The van der Waals surface area contributed by atoms with E-state index in [4.69, 9.17) is 0 Å². The Morgan fingerprint density at radius 3 is 1.79 bits per heavy atom. The van der Waals surface area contributed by atoms with E-state index in [0.717, 1.165) is 0 Å². The molecule has 1 aliphatic heterocycles. The highest BCUT2D eigenvalue weighted by Crippen LogP contribution is 2.63. The van der Waals surface area contributed by atoms with Crippen molar-refractivity contribution < 1.29 is 0 Å². The van der Waals surface area contributed by atoms with Gasteiger partial charge in [-0.15, -0.1) is 0 Å². The lowest BCUT2D eigenvalue weighted by atomic mass is 9.65. The molecule has 4 aromatic rings. The molecule has 1 spiro atoms. The first-order valence-corrected chi connectivity index (χ1v) is 11.1. The molecule has 1 heteroatoms. The number of benzene rings is 4. The smallest absolute Gasteiger partial charge is 0.0738 e. The van der Waals surface area contributed by atoms with Gasteiger partial charge in [-0.25, -0.2) is 0 Å². The molecule has 0 bridgehead atoms. The molecule has 0 aromatic heterocycles. The van der Waals surface area contributed by atoms with E-state index in [1.54, 1.807) is 0 Å². The topological polar surface area (TPSA) is 0 Å². The summed E-state index contributed by atoms with van der Waals surface area (Å²) < 4.78 is 0. The second-order valence-electron chi connectivity index (χ2n) is 8.31. The molecule has 0 N–H and O–H groups in total. The second-order valence-corrected chi connectivity index (χ2v) is 9.40. The Morgan fingerprint density at radius 2 is 1.14 bits per heavy atom. The summed E-state index contributed by atoms with van der Waals surface area (Å²) in [6, 6.07) is 33.9. The summed E-state index contributed by atoms with van der Waals surface area (Å²) in [6.45, 7) is 4.64. The number of fused-ring (bicyclic) bond motifs is 9. The zero-order valence-electron chi connectivity index (χ0n) is 16.6. The van der Waals surface area contributed by atoms with Crippen molar-refractivity contribution in [2.24, 2.45) is 0 Å². The zero-order chi connectivity index (χ0) is 19.6. The zero-order valence-corrected chi connectivity index (χ0v) is 17.5. The predicted octanol–water partition coefficient (Wildman–Crippen LogP) is 7.64. The lowest BCUT2D eigenvalue weighted by Crippen LogP contribution is -2.33. The van der Waals surface area contributed by atoms with Crippen molar-refractivity contribution in [3.8, 4) is 11.1 Å². The molecule has 0 atom stereocenters. The summed E-state index contributed by atoms with van der Waals surface area (Å²) >= 11 is 1.92. The lowest BCUT2D eigenvalue weighted by molar-refractivity contribution is 0.691. The van der Waals surface area contributed by atoms with Crippen LogP contribution in [-0.4, -0.2) is 0 Å². The van der Waals surface area contributed by atoms with Crippen LogP contribution in [-0.2, 0) is 5.41 Å². The minimum atomic E-state index is -0.245. The fourth-order valence-corrected chi connectivity index (χ4v) is 6.66. The molecule has 0 saturated carbocycles. The molecule has 4 aromatic carbocycles. The first-order valence-electron chi connectivity index (χ1n) is 10.3. The largest absolute Gasteiger partial charge is 0.0894 e. The molecule has 0 radical (unpaired) electrons. The van der Waals surface area contributed by atoms with Crippen LogP contribution in [0.25, 0.3) is 11.1 Å². The molecule has 29 heavy (non-hydrogen) atoms. The molecule has 0 saturated heterocycles. The Hall–Kier alpha value is -2.77. The van der Waals surface area contributed by atoms with Gasteiger partial charge in [0.1, 0.15) is 0 Å². The van der Waals surface area contributed by atoms with Crippen LogP contribution < -0.4 is 0 Å².